The third-order valence-electron chi connectivity index (χ3n) is 1.54. The van der Waals surface area contributed by atoms with Gasteiger partial charge in [-0.25, -0.2) is 0 Å². The molecule has 0 aromatic carbocycles. The largest absolute Gasteiger partial charge is 0.353 e. The second-order valence-corrected chi connectivity index (χ2v) is 2.21. The zero-order valence-electron chi connectivity index (χ0n) is 5.61. The summed E-state index contributed by atoms with van der Waals surface area (Å²) in [5.74, 6) is 0.142. The minimum atomic E-state index is 0.0544. The van der Waals surface area contributed by atoms with Crippen LogP contribution in [0.15, 0.2) is 0 Å². The zero-order valence-corrected chi connectivity index (χ0v) is 5.61. The minimum Gasteiger partial charge on any atom is -0.353 e. The van der Waals surface area contributed by atoms with Gasteiger partial charge in [0.1, 0.15) is 0 Å². The molecule has 0 aromatic rings. The Hall–Kier alpha value is -0.570. The van der Waals surface area contributed by atoms with Gasteiger partial charge in [-0.15, -0.1) is 0 Å². The fraction of sp³-hybridized carbons (Fsp3) is 0.833. The Labute approximate surface area is 54.8 Å². The van der Waals surface area contributed by atoms with Crippen LogP contribution in [0.3, 0.4) is 0 Å². The van der Waals surface area contributed by atoms with Crippen LogP contribution in [0.25, 0.3) is 0 Å². The Morgan fingerprint density at radius 3 is 2.89 bits per heavy atom. The minimum absolute atomic E-state index is 0.0544. The Morgan fingerprint density at radius 1 is 1.67 bits per heavy atom. The summed E-state index contributed by atoms with van der Waals surface area (Å²) in [4.78, 5) is 10.9. The summed E-state index contributed by atoms with van der Waals surface area (Å²) in [5.41, 5.74) is 0. The zero-order chi connectivity index (χ0) is 6.69. The molecule has 1 fully saturated rings. The molecule has 0 bridgehead atoms. The summed E-state index contributed by atoms with van der Waals surface area (Å²) in [7, 11) is 0. The van der Waals surface area contributed by atoms with Crippen molar-refractivity contribution in [3.05, 3.63) is 0 Å². The molecule has 1 atom stereocenters. The van der Waals surface area contributed by atoms with Gasteiger partial charge in [0.05, 0.1) is 6.04 Å². The lowest BCUT2D eigenvalue weighted by Gasteiger charge is -2.21. The highest BCUT2D eigenvalue weighted by Crippen LogP contribution is 1.92. The quantitative estimate of drug-likeness (QED) is 0.499. The number of amides is 1. The number of rotatable bonds is 1. The van der Waals surface area contributed by atoms with Gasteiger partial charge in [-0.3, -0.25) is 4.79 Å². The van der Waals surface area contributed by atoms with Gasteiger partial charge in [0.25, 0.3) is 0 Å². The monoisotopic (exact) mass is 128 g/mol. The van der Waals surface area contributed by atoms with E-state index in [1.807, 2.05) is 6.92 Å². The number of hydrogen-bond acceptors (Lipinski definition) is 2. The maximum Gasteiger partial charge on any atom is 0.237 e. The average molecular weight is 128 g/mol. The Kier molecular flexibility index (Phi) is 2.05. The normalized spacial score (nSPS) is 27.7. The summed E-state index contributed by atoms with van der Waals surface area (Å²) in [6.07, 6.45) is 0.881. The van der Waals surface area contributed by atoms with Gasteiger partial charge in [0, 0.05) is 13.1 Å². The van der Waals surface area contributed by atoms with E-state index in [0.717, 1.165) is 19.5 Å². The molecule has 2 N–H and O–H groups in total. The summed E-state index contributed by atoms with van der Waals surface area (Å²) < 4.78 is 0. The van der Waals surface area contributed by atoms with Crippen molar-refractivity contribution in [3.8, 4) is 0 Å². The fourth-order valence-corrected chi connectivity index (χ4v) is 0.978. The molecule has 1 amide bonds. The highest BCUT2D eigenvalue weighted by Gasteiger charge is 2.17. The van der Waals surface area contributed by atoms with Crippen LogP contribution in [0.5, 0.6) is 0 Å². The Morgan fingerprint density at radius 2 is 2.44 bits per heavy atom. The highest BCUT2D eigenvalue weighted by atomic mass is 16.2. The van der Waals surface area contributed by atoms with E-state index in [1.165, 1.54) is 0 Å². The maximum absolute atomic E-state index is 10.9. The number of nitrogens with one attached hydrogen (secondary N) is 2. The molecule has 52 valence electrons. The second-order valence-electron chi connectivity index (χ2n) is 2.21. The van der Waals surface area contributed by atoms with Crippen molar-refractivity contribution >= 4 is 5.91 Å². The van der Waals surface area contributed by atoms with Crippen LogP contribution in [0.2, 0.25) is 0 Å². The van der Waals surface area contributed by atoms with Crippen LogP contribution in [-0.4, -0.2) is 25.0 Å². The van der Waals surface area contributed by atoms with E-state index in [0.29, 0.717) is 0 Å². The second kappa shape index (κ2) is 2.82. The molecule has 0 aliphatic carbocycles. The lowest BCUT2D eigenvalue weighted by Crippen LogP contribution is -2.52. The van der Waals surface area contributed by atoms with Gasteiger partial charge in [-0.2, -0.15) is 0 Å². The molecule has 1 aliphatic heterocycles. The summed E-state index contributed by atoms with van der Waals surface area (Å²) >= 11 is 0. The van der Waals surface area contributed by atoms with Gasteiger partial charge >= 0.3 is 0 Å². The SMILES string of the molecule is CC[C@H]1NCCNC1=O. The van der Waals surface area contributed by atoms with Gasteiger partial charge < -0.3 is 10.6 Å². The van der Waals surface area contributed by atoms with Crippen LogP contribution in [-0.2, 0) is 4.79 Å². The molecule has 0 unspecified atom stereocenters. The first kappa shape index (κ1) is 6.55. The molecule has 3 heteroatoms. The molecule has 1 heterocycles. The summed E-state index contributed by atoms with van der Waals surface area (Å²) in [6, 6.07) is 0.0544. The Bertz CT molecular complexity index is 114. The van der Waals surface area contributed by atoms with Crippen molar-refractivity contribution < 1.29 is 4.79 Å². The standard InChI is InChI=1S/C6H12N2O/c1-2-5-6(9)8-4-3-7-5/h5,7H,2-4H2,1H3,(H,8,9)/t5-/m1/s1. The van der Waals surface area contributed by atoms with E-state index in [9.17, 15) is 4.79 Å². The Balaban J connectivity index is 2.39. The van der Waals surface area contributed by atoms with E-state index < -0.39 is 0 Å². The predicted octanol–water partition coefficient (Wildman–Crippen LogP) is -0.516. The van der Waals surface area contributed by atoms with Crippen LogP contribution in [0.1, 0.15) is 13.3 Å². The van der Waals surface area contributed by atoms with E-state index in [1.54, 1.807) is 0 Å². The number of carbonyl (C=O) groups is 1. The van der Waals surface area contributed by atoms with E-state index in [-0.39, 0.29) is 11.9 Å². The number of carbonyl (C=O) groups excluding carboxylic acids is 1. The summed E-state index contributed by atoms with van der Waals surface area (Å²) in [5, 5.41) is 5.89. The van der Waals surface area contributed by atoms with Crippen LogP contribution < -0.4 is 10.6 Å². The van der Waals surface area contributed by atoms with Crippen LogP contribution in [0.4, 0.5) is 0 Å². The molecular weight excluding hydrogens is 116 g/mol. The van der Waals surface area contributed by atoms with Crippen molar-refractivity contribution in [2.75, 3.05) is 13.1 Å². The lowest BCUT2D eigenvalue weighted by atomic mass is 10.2. The molecule has 1 aliphatic rings. The fourth-order valence-electron chi connectivity index (χ4n) is 0.978. The molecular formula is C6H12N2O. The predicted molar refractivity (Wildman–Crippen MR) is 35.1 cm³/mol. The van der Waals surface area contributed by atoms with Gasteiger partial charge in [-0.05, 0) is 6.42 Å². The van der Waals surface area contributed by atoms with Crippen LogP contribution >= 0.6 is 0 Å². The van der Waals surface area contributed by atoms with Crippen molar-refractivity contribution in [3.63, 3.8) is 0 Å². The van der Waals surface area contributed by atoms with E-state index in [4.69, 9.17) is 0 Å². The van der Waals surface area contributed by atoms with Crippen LogP contribution in [0, 0.1) is 0 Å². The van der Waals surface area contributed by atoms with Gasteiger partial charge in [-0.1, -0.05) is 6.92 Å². The van der Waals surface area contributed by atoms with E-state index in [2.05, 4.69) is 10.6 Å². The number of hydrogen-bond donors (Lipinski definition) is 2. The van der Waals surface area contributed by atoms with Crippen molar-refractivity contribution in [2.24, 2.45) is 0 Å². The summed E-state index contributed by atoms with van der Waals surface area (Å²) in [6.45, 7) is 3.68. The smallest absolute Gasteiger partial charge is 0.237 e. The molecule has 1 rings (SSSR count). The lowest BCUT2D eigenvalue weighted by molar-refractivity contribution is -0.124. The highest BCUT2D eigenvalue weighted by molar-refractivity contribution is 5.82. The molecule has 0 radical (unpaired) electrons. The molecule has 0 spiro atoms. The average Bonchev–Trinajstić information content (AvgIpc) is 1.89. The van der Waals surface area contributed by atoms with Gasteiger partial charge in [0.2, 0.25) is 5.91 Å². The first-order valence-corrected chi connectivity index (χ1v) is 3.35. The molecule has 0 aromatic heterocycles. The number of piperazine rings is 1. The van der Waals surface area contributed by atoms with E-state index >= 15 is 0 Å². The van der Waals surface area contributed by atoms with Crippen molar-refractivity contribution in [1.29, 1.82) is 0 Å². The molecule has 9 heavy (non-hydrogen) atoms. The molecule has 3 nitrogen and oxygen atoms in total. The topological polar surface area (TPSA) is 41.1 Å². The maximum atomic E-state index is 10.9. The molecule has 1 saturated heterocycles. The third kappa shape index (κ3) is 1.42. The van der Waals surface area contributed by atoms with Gasteiger partial charge in [0.15, 0.2) is 0 Å². The first-order chi connectivity index (χ1) is 4.34. The van der Waals surface area contributed by atoms with Crippen molar-refractivity contribution in [1.82, 2.24) is 10.6 Å². The third-order valence-corrected chi connectivity index (χ3v) is 1.54. The van der Waals surface area contributed by atoms with Crippen molar-refractivity contribution in [2.45, 2.75) is 19.4 Å². The first-order valence-electron chi connectivity index (χ1n) is 3.35. The molecule has 0 saturated carbocycles.